The van der Waals surface area contributed by atoms with E-state index < -0.39 is 40.7 Å². The normalized spacial score (nSPS) is 16.5. The first-order chi connectivity index (χ1) is 7.62. The Kier molecular flexibility index (Phi) is 8.37. The fraction of sp³-hybridized carbons (Fsp3) is 1.00. The monoisotopic (exact) mass is 464 g/mol. The van der Waals surface area contributed by atoms with Crippen LogP contribution in [0.25, 0.3) is 0 Å². The Morgan fingerprint density at radius 2 is 1.06 bits per heavy atom. The molecule has 0 aliphatic heterocycles. The molecule has 0 radical (unpaired) electrons. The van der Waals surface area contributed by atoms with Gasteiger partial charge in [-0.1, -0.05) is 0 Å². The molecule has 0 fully saturated rings. The Bertz CT molecular complexity index is 190. The summed E-state index contributed by atoms with van der Waals surface area (Å²) >= 11 is -0.959. The minimum absolute atomic E-state index is 0.959. The molecule has 0 heterocycles. The molecule has 0 bridgehead atoms. The Balaban J connectivity index is 4.68. The topological polar surface area (TPSA) is 18.5 Å². The summed E-state index contributed by atoms with van der Waals surface area (Å²) in [6, 6.07) is 0. The van der Waals surface area contributed by atoms with E-state index in [2.05, 4.69) is 39.3 Å². The molecular weight excluding hydrogens is 433 g/mol. The van der Waals surface area contributed by atoms with Gasteiger partial charge in [-0.3, -0.25) is 0 Å². The maximum atomic E-state index is 5.49. The summed E-state index contributed by atoms with van der Waals surface area (Å²) < 4.78 is 12.9. The molecule has 17 heavy (non-hydrogen) atoms. The van der Waals surface area contributed by atoms with Gasteiger partial charge in [-0.25, -0.2) is 0 Å². The third kappa shape index (κ3) is 7.45. The minimum atomic E-state index is -1.04. The quantitative estimate of drug-likeness (QED) is 0.512. The number of methoxy groups -OCH3 is 2. The summed E-state index contributed by atoms with van der Waals surface area (Å²) in [6.45, 7) is 17.1. The molecular formula is C12H30HgO2Si2. The van der Waals surface area contributed by atoms with Crippen LogP contribution in [-0.2, 0) is 34.0 Å². The summed E-state index contributed by atoms with van der Waals surface area (Å²) in [5, 5.41) is 0. The van der Waals surface area contributed by atoms with E-state index in [4.69, 9.17) is 9.47 Å². The van der Waals surface area contributed by atoms with Crippen molar-refractivity contribution < 1.29 is 34.0 Å². The third-order valence-electron chi connectivity index (χ3n) is 3.75. The standard InChI is InChI=1S/2C6H15OSi.Hg/c2*1-7-5-6-8(2,3)4;/h2*6H,5H2,1-4H3;. The first-order valence-corrected chi connectivity index (χ1v) is 20.1. The van der Waals surface area contributed by atoms with Gasteiger partial charge in [-0.15, -0.1) is 0 Å². The van der Waals surface area contributed by atoms with Gasteiger partial charge >= 0.3 is 123 Å². The molecule has 0 aromatic carbocycles. The third-order valence-corrected chi connectivity index (χ3v) is 47.9. The van der Waals surface area contributed by atoms with Crippen LogP contribution in [-0.4, -0.2) is 43.6 Å². The molecule has 0 rings (SSSR count). The zero-order valence-electron chi connectivity index (χ0n) is 13.1. The van der Waals surface area contributed by atoms with Crippen LogP contribution in [0.15, 0.2) is 0 Å². The van der Waals surface area contributed by atoms with E-state index in [1.807, 2.05) is 14.2 Å². The second-order valence-corrected chi connectivity index (χ2v) is 34.2. The molecule has 0 saturated carbocycles. The molecule has 5 heteroatoms. The van der Waals surface area contributed by atoms with Gasteiger partial charge in [0.2, 0.25) is 0 Å². The van der Waals surface area contributed by atoms with Crippen LogP contribution in [0.3, 0.4) is 0 Å². The Morgan fingerprint density at radius 1 is 0.765 bits per heavy atom. The number of rotatable bonds is 8. The number of ether oxygens (including phenoxy) is 2. The van der Waals surface area contributed by atoms with E-state index in [0.717, 1.165) is 19.3 Å². The van der Waals surface area contributed by atoms with Crippen molar-refractivity contribution in [1.82, 2.24) is 0 Å². The molecule has 2 nitrogen and oxygen atoms in total. The van der Waals surface area contributed by atoms with Gasteiger partial charge in [0, 0.05) is 0 Å². The van der Waals surface area contributed by atoms with E-state index >= 15 is 0 Å². The van der Waals surface area contributed by atoms with Gasteiger partial charge in [0.25, 0.3) is 0 Å². The van der Waals surface area contributed by atoms with Crippen molar-refractivity contribution in [2.75, 3.05) is 27.4 Å². The van der Waals surface area contributed by atoms with E-state index in [1.54, 1.807) is 0 Å². The molecule has 2 unspecified atom stereocenters. The van der Waals surface area contributed by atoms with Crippen molar-refractivity contribution in [3.63, 3.8) is 0 Å². The molecule has 0 amide bonds. The van der Waals surface area contributed by atoms with Crippen LogP contribution in [0.5, 0.6) is 0 Å². The van der Waals surface area contributed by atoms with Gasteiger partial charge in [0.15, 0.2) is 0 Å². The SMILES string of the molecule is COC[CH]([Hg][CH](COC)[Si](C)(C)C)[Si](C)(C)C. The fourth-order valence-electron chi connectivity index (χ4n) is 2.09. The number of hydrogen-bond donors (Lipinski definition) is 0. The molecule has 0 saturated heterocycles. The van der Waals surface area contributed by atoms with Crippen LogP contribution in [0.1, 0.15) is 0 Å². The van der Waals surface area contributed by atoms with Crippen LogP contribution < -0.4 is 0 Å². The number of hydrogen-bond acceptors (Lipinski definition) is 2. The summed E-state index contributed by atoms with van der Waals surface area (Å²) in [5.74, 6) is 0. The van der Waals surface area contributed by atoms with Crippen molar-refractivity contribution in [3.05, 3.63) is 0 Å². The van der Waals surface area contributed by atoms with Gasteiger partial charge in [0.05, 0.1) is 0 Å². The van der Waals surface area contributed by atoms with Gasteiger partial charge < -0.3 is 0 Å². The molecule has 0 aromatic rings. The summed E-state index contributed by atoms with van der Waals surface area (Å²) in [5.41, 5.74) is 0. The Hall–Kier alpha value is 1.29. The van der Waals surface area contributed by atoms with Crippen LogP contribution in [0, 0.1) is 0 Å². The average molecular weight is 463 g/mol. The van der Waals surface area contributed by atoms with Crippen molar-refractivity contribution in [2.24, 2.45) is 0 Å². The predicted octanol–water partition coefficient (Wildman–Crippen LogP) is 3.69. The molecule has 0 aliphatic rings. The van der Waals surface area contributed by atoms with E-state index in [0.29, 0.717) is 0 Å². The van der Waals surface area contributed by atoms with Gasteiger partial charge in [-0.2, -0.15) is 0 Å². The van der Waals surface area contributed by atoms with E-state index in [9.17, 15) is 0 Å². The summed E-state index contributed by atoms with van der Waals surface area (Å²) in [6.07, 6.45) is 0. The van der Waals surface area contributed by atoms with E-state index in [1.165, 1.54) is 0 Å². The average Bonchev–Trinajstić information content (AvgIpc) is 2.12. The summed E-state index contributed by atoms with van der Waals surface area (Å²) in [4.78, 5) is 0. The zero-order chi connectivity index (χ0) is 13.7. The first-order valence-electron chi connectivity index (χ1n) is 6.60. The van der Waals surface area contributed by atoms with Crippen molar-refractivity contribution in [2.45, 2.75) is 45.4 Å². The second-order valence-electron chi connectivity index (χ2n) is 7.27. The Labute approximate surface area is 122 Å². The fourth-order valence-corrected chi connectivity index (χ4v) is 34.0. The van der Waals surface area contributed by atoms with E-state index in [-0.39, 0.29) is 0 Å². The van der Waals surface area contributed by atoms with Crippen molar-refractivity contribution in [1.29, 1.82) is 0 Å². The summed E-state index contributed by atoms with van der Waals surface area (Å²) in [7, 11) is 1.65. The van der Waals surface area contributed by atoms with Crippen LogP contribution in [0.2, 0.25) is 45.4 Å². The molecule has 0 aromatic heterocycles. The van der Waals surface area contributed by atoms with Crippen LogP contribution in [0.4, 0.5) is 0 Å². The molecule has 2 atom stereocenters. The zero-order valence-corrected chi connectivity index (χ0v) is 20.6. The molecule has 0 N–H and O–H groups in total. The predicted molar refractivity (Wildman–Crippen MR) is 77.9 cm³/mol. The van der Waals surface area contributed by atoms with Crippen LogP contribution >= 0.6 is 0 Å². The van der Waals surface area contributed by atoms with Crippen molar-refractivity contribution in [3.8, 4) is 0 Å². The maximum absolute atomic E-state index is 5.49. The molecule has 100 valence electrons. The molecule has 0 aliphatic carbocycles. The second kappa shape index (κ2) is 7.78. The van der Waals surface area contributed by atoms with Crippen molar-refractivity contribution >= 4 is 16.1 Å². The first kappa shape index (κ1) is 18.3. The van der Waals surface area contributed by atoms with Gasteiger partial charge in [-0.05, 0) is 0 Å². The van der Waals surface area contributed by atoms with Gasteiger partial charge in [0.1, 0.15) is 0 Å². The Morgan fingerprint density at radius 3 is 1.24 bits per heavy atom. The molecule has 0 spiro atoms.